The van der Waals surface area contributed by atoms with Crippen LogP contribution in [-0.4, -0.2) is 73.5 Å². The smallest absolute Gasteiger partial charge is 0.161 e. The molecule has 1 aliphatic rings. The minimum atomic E-state index is 0.197. The van der Waals surface area contributed by atoms with Crippen LogP contribution in [-0.2, 0) is 7.05 Å². The summed E-state index contributed by atoms with van der Waals surface area (Å²) in [6.45, 7) is 3.31. The first-order valence-electron chi connectivity index (χ1n) is 7.20. The summed E-state index contributed by atoms with van der Waals surface area (Å²) in [7, 11) is 10.1. The van der Waals surface area contributed by atoms with Crippen molar-refractivity contribution in [3.05, 3.63) is 11.9 Å². The monoisotopic (exact) mass is 281 g/mol. The lowest BCUT2D eigenvalue weighted by molar-refractivity contribution is 0.176. The van der Waals surface area contributed by atoms with E-state index in [1.807, 2.05) is 18.8 Å². The first-order chi connectivity index (χ1) is 9.58. The van der Waals surface area contributed by atoms with Gasteiger partial charge in [-0.05, 0) is 40.7 Å². The van der Waals surface area contributed by atoms with Gasteiger partial charge >= 0.3 is 0 Å². The molecule has 0 amide bonds. The maximum atomic E-state index is 5.48. The predicted octanol–water partition coefficient (Wildman–Crippen LogP) is 0.325. The maximum absolute atomic E-state index is 5.48. The minimum Gasteiger partial charge on any atom is -0.493 e. The minimum absolute atomic E-state index is 0.197. The average Bonchev–Trinajstić information content (AvgIpc) is 2.71. The molecule has 1 N–H and O–H groups in total. The van der Waals surface area contributed by atoms with E-state index in [2.05, 4.69) is 34.3 Å². The third-order valence-corrected chi connectivity index (χ3v) is 4.28. The highest BCUT2D eigenvalue weighted by Crippen LogP contribution is 2.29. The van der Waals surface area contributed by atoms with Crippen molar-refractivity contribution in [1.82, 2.24) is 24.9 Å². The molecule has 6 heteroatoms. The zero-order chi connectivity index (χ0) is 14.7. The molecule has 0 radical (unpaired) electrons. The van der Waals surface area contributed by atoms with Crippen LogP contribution >= 0.6 is 0 Å². The molecule has 0 saturated carbocycles. The van der Waals surface area contributed by atoms with E-state index in [0.717, 1.165) is 31.1 Å². The van der Waals surface area contributed by atoms with Gasteiger partial charge in [-0.15, -0.1) is 0 Å². The van der Waals surface area contributed by atoms with E-state index in [1.165, 1.54) is 6.42 Å². The molecule has 1 fully saturated rings. The molecular formula is C14H27N5O. The van der Waals surface area contributed by atoms with Crippen molar-refractivity contribution in [1.29, 1.82) is 0 Å². The molecule has 2 unspecified atom stereocenters. The summed E-state index contributed by atoms with van der Waals surface area (Å²) >= 11 is 0. The van der Waals surface area contributed by atoms with Crippen LogP contribution < -0.4 is 10.1 Å². The Morgan fingerprint density at radius 1 is 1.35 bits per heavy atom. The first-order valence-corrected chi connectivity index (χ1v) is 7.20. The Kier molecular flexibility index (Phi) is 5.01. The highest BCUT2D eigenvalue weighted by molar-refractivity contribution is 5.29. The molecule has 0 aliphatic carbocycles. The summed E-state index contributed by atoms with van der Waals surface area (Å²) < 4.78 is 7.39. The molecule has 2 atom stereocenters. The zero-order valence-electron chi connectivity index (χ0n) is 13.3. The summed E-state index contributed by atoms with van der Waals surface area (Å²) in [5.74, 6) is 0.854. The molecule has 114 valence electrons. The zero-order valence-corrected chi connectivity index (χ0v) is 13.3. The van der Waals surface area contributed by atoms with E-state index in [1.54, 1.807) is 13.3 Å². The average molecular weight is 281 g/mol. The lowest BCUT2D eigenvalue weighted by atomic mass is 10.0. The topological polar surface area (TPSA) is 45.6 Å². The van der Waals surface area contributed by atoms with Crippen LogP contribution in [0.15, 0.2) is 6.20 Å². The summed E-state index contributed by atoms with van der Waals surface area (Å²) in [5.41, 5.74) is 1.11. The molecule has 20 heavy (non-hydrogen) atoms. The van der Waals surface area contributed by atoms with Gasteiger partial charge in [0.1, 0.15) is 0 Å². The Balaban J connectivity index is 2.32. The molecule has 2 heterocycles. The predicted molar refractivity (Wildman–Crippen MR) is 80.1 cm³/mol. The standard InChI is InChI=1S/C14H27N5O/c1-15-13(14-12(20-5)9-16-19(14)4)11-10-17(2)7-6-8-18(11)3/h9,11,13,15H,6-8,10H2,1-5H3. The fraction of sp³-hybridized carbons (Fsp3) is 0.786. The van der Waals surface area contributed by atoms with Crippen LogP contribution in [0.3, 0.4) is 0 Å². The summed E-state index contributed by atoms with van der Waals surface area (Å²) in [5, 5.41) is 7.80. The fourth-order valence-corrected chi connectivity index (χ4v) is 3.12. The van der Waals surface area contributed by atoms with Crippen LogP contribution in [0.25, 0.3) is 0 Å². The molecule has 1 saturated heterocycles. The van der Waals surface area contributed by atoms with Crippen LogP contribution in [0.1, 0.15) is 18.2 Å². The molecule has 0 bridgehead atoms. The van der Waals surface area contributed by atoms with E-state index in [0.29, 0.717) is 6.04 Å². The normalized spacial score (nSPS) is 23.6. The van der Waals surface area contributed by atoms with Crippen molar-refractivity contribution in [3.8, 4) is 5.75 Å². The number of hydrogen-bond donors (Lipinski definition) is 1. The summed E-state index contributed by atoms with van der Waals surface area (Å²) in [6.07, 6.45) is 3.00. The molecule has 1 aliphatic heterocycles. The van der Waals surface area contributed by atoms with E-state index in [-0.39, 0.29) is 6.04 Å². The highest BCUT2D eigenvalue weighted by Gasteiger charge is 2.32. The maximum Gasteiger partial charge on any atom is 0.161 e. The Bertz CT molecular complexity index is 433. The number of likely N-dealkylation sites (N-methyl/N-ethyl adjacent to an activating group) is 3. The number of methoxy groups -OCH3 is 1. The molecule has 1 aromatic heterocycles. The van der Waals surface area contributed by atoms with E-state index >= 15 is 0 Å². The molecule has 0 spiro atoms. The van der Waals surface area contributed by atoms with Crippen LogP contribution in [0.4, 0.5) is 0 Å². The van der Waals surface area contributed by atoms with Crippen LogP contribution in [0.5, 0.6) is 5.75 Å². The van der Waals surface area contributed by atoms with Crippen molar-refractivity contribution >= 4 is 0 Å². The van der Waals surface area contributed by atoms with Crippen molar-refractivity contribution in [2.24, 2.45) is 7.05 Å². The molecular weight excluding hydrogens is 254 g/mol. The van der Waals surface area contributed by atoms with E-state index < -0.39 is 0 Å². The molecule has 2 rings (SSSR count). The Morgan fingerprint density at radius 3 is 2.75 bits per heavy atom. The van der Waals surface area contributed by atoms with Gasteiger partial charge in [0, 0.05) is 19.6 Å². The summed E-state index contributed by atoms with van der Waals surface area (Å²) in [4.78, 5) is 4.85. The van der Waals surface area contributed by atoms with Gasteiger partial charge < -0.3 is 19.9 Å². The van der Waals surface area contributed by atoms with Gasteiger partial charge in [0.15, 0.2) is 5.75 Å². The van der Waals surface area contributed by atoms with Gasteiger partial charge in [-0.25, -0.2) is 0 Å². The fourth-order valence-electron chi connectivity index (χ4n) is 3.12. The second kappa shape index (κ2) is 6.56. The van der Waals surface area contributed by atoms with Crippen LogP contribution in [0, 0.1) is 0 Å². The van der Waals surface area contributed by atoms with Crippen molar-refractivity contribution < 1.29 is 4.74 Å². The van der Waals surface area contributed by atoms with Crippen molar-refractivity contribution in [2.45, 2.75) is 18.5 Å². The lowest BCUT2D eigenvalue weighted by Crippen LogP contribution is -2.46. The number of ether oxygens (including phenoxy) is 1. The van der Waals surface area contributed by atoms with E-state index in [4.69, 9.17) is 4.74 Å². The summed E-state index contributed by atoms with van der Waals surface area (Å²) in [6, 6.07) is 0.597. The van der Waals surface area contributed by atoms with Gasteiger partial charge in [-0.1, -0.05) is 0 Å². The second-order valence-corrected chi connectivity index (χ2v) is 5.65. The van der Waals surface area contributed by atoms with E-state index in [9.17, 15) is 0 Å². The Labute approximate surface area is 121 Å². The van der Waals surface area contributed by atoms with Gasteiger partial charge in [0.25, 0.3) is 0 Å². The lowest BCUT2D eigenvalue weighted by Gasteiger charge is -2.34. The van der Waals surface area contributed by atoms with Crippen molar-refractivity contribution in [2.75, 3.05) is 47.9 Å². The number of aromatic nitrogens is 2. The SMILES string of the molecule is CNC(c1c(OC)cnn1C)C1CN(C)CCCN1C. The number of nitrogens with zero attached hydrogens (tertiary/aromatic N) is 4. The van der Waals surface area contributed by atoms with Gasteiger partial charge in [0.05, 0.1) is 25.0 Å². The number of aryl methyl sites for hydroxylation is 1. The number of nitrogens with one attached hydrogen (secondary N) is 1. The second-order valence-electron chi connectivity index (χ2n) is 5.65. The quantitative estimate of drug-likeness (QED) is 0.861. The first kappa shape index (κ1) is 15.3. The van der Waals surface area contributed by atoms with Gasteiger partial charge in [0.2, 0.25) is 0 Å². The van der Waals surface area contributed by atoms with Gasteiger partial charge in [-0.3, -0.25) is 4.68 Å². The third kappa shape index (κ3) is 2.97. The number of hydrogen-bond acceptors (Lipinski definition) is 5. The Morgan fingerprint density at radius 2 is 2.10 bits per heavy atom. The molecule has 1 aromatic rings. The van der Waals surface area contributed by atoms with Crippen molar-refractivity contribution in [3.63, 3.8) is 0 Å². The molecule has 6 nitrogen and oxygen atoms in total. The highest BCUT2D eigenvalue weighted by atomic mass is 16.5. The number of rotatable bonds is 4. The van der Waals surface area contributed by atoms with Gasteiger partial charge in [-0.2, -0.15) is 5.10 Å². The largest absolute Gasteiger partial charge is 0.493 e. The van der Waals surface area contributed by atoms with Crippen LogP contribution in [0.2, 0.25) is 0 Å². The third-order valence-electron chi connectivity index (χ3n) is 4.28. The Hall–Kier alpha value is -1.11. The molecule has 0 aromatic carbocycles.